The molecular formula is C14H19N3. The number of nitrogens with zero attached hydrogens (tertiary/aromatic N) is 2. The van der Waals surface area contributed by atoms with Crippen LogP contribution in [0.2, 0.25) is 0 Å². The third kappa shape index (κ3) is 1.98. The molecule has 0 saturated carbocycles. The Morgan fingerprint density at radius 3 is 2.53 bits per heavy atom. The molecule has 1 heterocycles. The SMILES string of the molecule is Cc1cccc(-n2ncc(C(C)N)c2C)c1C. The summed E-state index contributed by atoms with van der Waals surface area (Å²) >= 11 is 0. The monoisotopic (exact) mass is 229 g/mol. The molecule has 0 aliphatic rings. The van der Waals surface area contributed by atoms with Gasteiger partial charge in [0.1, 0.15) is 0 Å². The highest BCUT2D eigenvalue weighted by molar-refractivity contribution is 5.45. The molecular weight excluding hydrogens is 210 g/mol. The average molecular weight is 229 g/mol. The number of hydrogen-bond donors (Lipinski definition) is 1. The van der Waals surface area contributed by atoms with Gasteiger partial charge in [-0.1, -0.05) is 12.1 Å². The van der Waals surface area contributed by atoms with Gasteiger partial charge in [0.15, 0.2) is 0 Å². The lowest BCUT2D eigenvalue weighted by molar-refractivity contribution is 0.795. The summed E-state index contributed by atoms with van der Waals surface area (Å²) in [5, 5.41) is 4.45. The molecule has 1 unspecified atom stereocenters. The molecule has 2 rings (SSSR count). The van der Waals surface area contributed by atoms with Crippen molar-refractivity contribution in [1.29, 1.82) is 0 Å². The fraction of sp³-hybridized carbons (Fsp3) is 0.357. The number of nitrogens with two attached hydrogens (primary N) is 1. The molecule has 2 aromatic rings. The maximum absolute atomic E-state index is 5.92. The second-order valence-corrected chi connectivity index (χ2v) is 4.60. The van der Waals surface area contributed by atoms with E-state index in [0.29, 0.717) is 0 Å². The van der Waals surface area contributed by atoms with Gasteiger partial charge in [0.2, 0.25) is 0 Å². The highest BCUT2D eigenvalue weighted by atomic mass is 15.3. The largest absolute Gasteiger partial charge is 0.324 e. The molecule has 0 amide bonds. The summed E-state index contributed by atoms with van der Waals surface area (Å²) in [6, 6.07) is 6.29. The standard InChI is InChI=1S/C14H19N3/c1-9-6-5-7-14(10(9)2)17-12(4)13(8-16-17)11(3)15/h5-8,11H,15H2,1-4H3. The number of hydrogen-bond acceptors (Lipinski definition) is 2. The van der Waals surface area contributed by atoms with Crippen molar-refractivity contribution in [3.05, 3.63) is 46.8 Å². The summed E-state index contributed by atoms with van der Waals surface area (Å²) < 4.78 is 1.97. The Labute approximate surface area is 102 Å². The lowest BCUT2D eigenvalue weighted by Crippen LogP contribution is -2.07. The van der Waals surface area contributed by atoms with Gasteiger partial charge < -0.3 is 5.73 Å². The van der Waals surface area contributed by atoms with Crippen molar-refractivity contribution in [3.8, 4) is 5.69 Å². The van der Waals surface area contributed by atoms with Gasteiger partial charge in [0, 0.05) is 17.3 Å². The van der Waals surface area contributed by atoms with E-state index in [2.05, 4.69) is 44.1 Å². The van der Waals surface area contributed by atoms with Crippen molar-refractivity contribution in [2.24, 2.45) is 5.73 Å². The van der Waals surface area contributed by atoms with E-state index in [1.165, 1.54) is 11.1 Å². The van der Waals surface area contributed by atoms with Gasteiger partial charge >= 0.3 is 0 Å². The van der Waals surface area contributed by atoms with Crippen LogP contribution in [-0.2, 0) is 0 Å². The Hall–Kier alpha value is -1.61. The molecule has 90 valence electrons. The van der Waals surface area contributed by atoms with Crippen molar-refractivity contribution in [1.82, 2.24) is 9.78 Å². The first kappa shape index (κ1) is 11.9. The quantitative estimate of drug-likeness (QED) is 0.860. The van der Waals surface area contributed by atoms with Crippen LogP contribution in [0.15, 0.2) is 24.4 Å². The minimum Gasteiger partial charge on any atom is -0.324 e. The predicted octanol–water partition coefficient (Wildman–Crippen LogP) is 2.82. The highest BCUT2D eigenvalue weighted by Gasteiger charge is 2.12. The smallest absolute Gasteiger partial charge is 0.0680 e. The highest BCUT2D eigenvalue weighted by Crippen LogP contribution is 2.22. The molecule has 0 radical (unpaired) electrons. The van der Waals surface area contributed by atoms with Crippen LogP contribution in [0.3, 0.4) is 0 Å². The third-order valence-electron chi connectivity index (χ3n) is 3.34. The van der Waals surface area contributed by atoms with Crippen LogP contribution < -0.4 is 5.73 Å². The minimum absolute atomic E-state index is 0.0221. The minimum atomic E-state index is 0.0221. The Balaban J connectivity index is 2.58. The summed E-state index contributed by atoms with van der Waals surface area (Å²) in [6.45, 7) is 8.28. The summed E-state index contributed by atoms with van der Waals surface area (Å²) in [7, 11) is 0. The lowest BCUT2D eigenvalue weighted by atomic mass is 10.1. The van der Waals surface area contributed by atoms with Crippen molar-refractivity contribution < 1.29 is 0 Å². The first-order valence-electron chi connectivity index (χ1n) is 5.89. The maximum atomic E-state index is 5.92. The average Bonchev–Trinajstić information content (AvgIpc) is 2.64. The Bertz CT molecular complexity index is 538. The van der Waals surface area contributed by atoms with Crippen LogP contribution in [0.25, 0.3) is 5.69 Å². The first-order chi connectivity index (χ1) is 8.02. The van der Waals surface area contributed by atoms with E-state index in [1.54, 1.807) is 0 Å². The molecule has 2 N–H and O–H groups in total. The summed E-state index contributed by atoms with van der Waals surface area (Å²) in [6.07, 6.45) is 1.86. The normalized spacial score (nSPS) is 12.8. The van der Waals surface area contributed by atoms with Gasteiger partial charge in [0.25, 0.3) is 0 Å². The zero-order chi connectivity index (χ0) is 12.6. The first-order valence-corrected chi connectivity index (χ1v) is 5.89. The zero-order valence-electron chi connectivity index (χ0n) is 10.9. The van der Waals surface area contributed by atoms with Gasteiger partial charge in [-0.3, -0.25) is 0 Å². The van der Waals surface area contributed by atoms with E-state index in [-0.39, 0.29) is 6.04 Å². The van der Waals surface area contributed by atoms with Crippen LogP contribution in [-0.4, -0.2) is 9.78 Å². The fourth-order valence-electron chi connectivity index (χ4n) is 2.08. The third-order valence-corrected chi connectivity index (χ3v) is 3.34. The van der Waals surface area contributed by atoms with E-state index in [4.69, 9.17) is 5.73 Å². The predicted molar refractivity (Wildman–Crippen MR) is 70.4 cm³/mol. The topological polar surface area (TPSA) is 43.8 Å². The summed E-state index contributed by atoms with van der Waals surface area (Å²) in [4.78, 5) is 0. The molecule has 0 saturated heterocycles. The molecule has 1 aromatic heterocycles. The molecule has 1 atom stereocenters. The van der Waals surface area contributed by atoms with Crippen LogP contribution in [0, 0.1) is 20.8 Å². The van der Waals surface area contributed by atoms with Gasteiger partial charge in [-0.15, -0.1) is 0 Å². The second-order valence-electron chi connectivity index (χ2n) is 4.60. The van der Waals surface area contributed by atoms with Crippen molar-refractivity contribution in [2.45, 2.75) is 33.7 Å². The molecule has 0 fully saturated rings. The number of rotatable bonds is 2. The molecule has 0 bridgehead atoms. The fourth-order valence-corrected chi connectivity index (χ4v) is 2.08. The van der Waals surface area contributed by atoms with E-state index < -0.39 is 0 Å². The van der Waals surface area contributed by atoms with E-state index in [9.17, 15) is 0 Å². The molecule has 1 aromatic carbocycles. The van der Waals surface area contributed by atoms with Crippen LogP contribution in [0.4, 0.5) is 0 Å². The zero-order valence-corrected chi connectivity index (χ0v) is 10.9. The van der Waals surface area contributed by atoms with Gasteiger partial charge in [-0.05, 0) is 44.9 Å². The van der Waals surface area contributed by atoms with E-state index in [0.717, 1.165) is 16.9 Å². The van der Waals surface area contributed by atoms with Crippen LogP contribution in [0.5, 0.6) is 0 Å². The molecule has 0 spiro atoms. The Morgan fingerprint density at radius 1 is 1.24 bits per heavy atom. The van der Waals surface area contributed by atoms with Crippen molar-refractivity contribution in [3.63, 3.8) is 0 Å². The number of benzene rings is 1. The molecule has 3 heteroatoms. The Kier molecular flexibility index (Phi) is 3.03. The second kappa shape index (κ2) is 4.34. The molecule has 3 nitrogen and oxygen atoms in total. The van der Waals surface area contributed by atoms with Crippen LogP contribution >= 0.6 is 0 Å². The Morgan fingerprint density at radius 2 is 1.94 bits per heavy atom. The molecule has 17 heavy (non-hydrogen) atoms. The van der Waals surface area contributed by atoms with Crippen LogP contribution in [0.1, 0.15) is 35.3 Å². The van der Waals surface area contributed by atoms with Gasteiger partial charge in [-0.2, -0.15) is 5.10 Å². The number of aryl methyl sites for hydroxylation is 1. The molecule has 0 aliphatic heterocycles. The van der Waals surface area contributed by atoms with Gasteiger partial charge in [0.05, 0.1) is 11.9 Å². The van der Waals surface area contributed by atoms with Crippen molar-refractivity contribution >= 4 is 0 Å². The summed E-state index contributed by atoms with van der Waals surface area (Å²) in [5.74, 6) is 0. The van der Waals surface area contributed by atoms with E-state index >= 15 is 0 Å². The number of aromatic nitrogens is 2. The summed E-state index contributed by atoms with van der Waals surface area (Å²) in [5.41, 5.74) is 11.8. The van der Waals surface area contributed by atoms with Crippen molar-refractivity contribution in [2.75, 3.05) is 0 Å². The van der Waals surface area contributed by atoms with Gasteiger partial charge in [-0.25, -0.2) is 4.68 Å². The molecule has 0 aliphatic carbocycles. The lowest BCUT2D eigenvalue weighted by Gasteiger charge is -2.11. The maximum Gasteiger partial charge on any atom is 0.0680 e. The van der Waals surface area contributed by atoms with E-state index in [1.807, 2.05) is 17.8 Å².